The topological polar surface area (TPSA) is 15.3 Å². The second-order valence-corrected chi connectivity index (χ2v) is 5.27. The van der Waals surface area contributed by atoms with Gasteiger partial charge in [0, 0.05) is 24.8 Å². The fourth-order valence-corrected chi connectivity index (χ4v) is 2.81. The second kappa shape index (κ2) is 5.45. The van der Waals surface area contributed by atoms with Gasteiger partial charge in [-0.05, 0) is 24.6 Å². The molecule has 1 saturated heterocycles. The van der Waals surface area contributed by atoms with Crippen molar-refractivity contribution < 1.29 is 0 Å². The summed E-state index contributed by atoms with van der Waals surface area (Å²) in [5.74, 6) is 0. The highest BCUT2D eigenvalue weighted by molar-refractivity contribution is 5.47. The fraction of sp³-hybridized carbons (Fsp3) is 0.294. The van der Waals surface area contributed by atoms with E-state index in [2.05, 4.69) is 77.8 Å². The Hall–Kier alpha value is -1.80. The molecule has 0 radical (unpaired) electrons. The van der Waals surface area contributed by atoms with Gasteiger partial charge >= 0.3 is 0 Å². The molecule has 1 aliphatic heterocycles. The van der Waals surface area contributed by atoms with Crippen LogP contribution in [0.15, 0.2) is 60.7 Å². The maximum absolute atomic E-state index is 3.69. The van der Waals surface area contributed by atoms with Crippen LogP contribution in [0.1, 0.15) is 18.5 Å². The molecule has 2 nitrogen and oxygen atoms in total. The minimum atomic E-state index is 0.408. The van der Waals surface area contributed by atoms with Gasteiger partial charge in [-0.1, -0.05) is 48.5 Å². The van der Waals surface area contributed by atoms with Crippen LogP contribution in [0.25, 0.3) is 0 Å². The Kier molecular flexibility index (Phi) is 3.51. The van der Waals surface area contributed by atoms with Crippen LogP contribution in [-0.4, -0.2) is 19.1 Å². The molecule has 1 fully saturated rings. The fourth-order valence-electron chi connectivity index (χ4n) is 2.81. The number of rotatable bonds is 2. The lowest BCUT2D eigenvalue weighted by Gasteiger charge is -2.39. The summed E-state index contributed by atoms with van der Waals surface area (Å²) >= 11 is 0. The minimum Gasteiger partial charge on any atom is -0.368 e. The third-order valence-corrected chi connectivity index (χ3v) is 3.71. The number of piperazine rings is 1. The summed E-state index contributed by atoms with van der Waals surface area (Å²) in [6.45, 7) is 4.34. The quantitative estimate of drug-likeness (QED) is 0.883. The molecule has 2 aromatic rings. The zero-order valence-electron chi connectivity index (χ0n) is 11.3. The van der Waals surface area contributed by atoms with Gasteiger partial charge in [0.1, 0.15) is 0 Å². The third kappa shape index (κ3) is 2.79. The van der Waals surface area contributed by atoms with Crippen LogP contribution in [0, 0.1) is 0 Å². The van der Waals surface area contributed by atoms with Gasteiger partial charge in [-0.2, -0.15) is 0 Å². The first kappa shape index (κ1) is 12.2. The van der Waals surface area contributed by atoms with Crippen molar-refractivity contribution in [2.75, 3.05) is 18.0 Å². The summed E-state index contributed by atoms with van der Waals surface area (Å²) in [5, 5.41) is 3.69. The Morgan fingerprint density at radius 2 is 1.53 bits per heavy atom. The summed E-state index contributed by atoms with van der Waals surface area (Å²) in [4.78, 5) is 2.47. The molecule has 0 bridgehead atoms. The molecule has 0 aliphatic carbocycles. The molecule has 2 aromatic carbocycles. The van der Waals surface area contributed by atoms with Gasteiger partial charge in [0.25, 0.3) is 0 Å². The number of hydrogen-bond acceptors (Lipinski definition) is 2. The molecular weight excluding hydrogens is 232 g/mol. The first-order valence-electron chi connectivity index (χ1n) is 6.94. The number of nitrogens with zero attached hydrogens (tertiary/aromatic N) is 1. The monoisotopic (exact) mass is 252 g/mol. The van der Waals surface area contributed by atoms with E-state index in [4.69, 9.17) is 0 Å². The van der Waals surface area contributed by atoms with Crippen molar-refractivity contribution in [1.29, 1.82) is 0 Å². The lowest BCUT2D eigenvalue weighted by atomic mass is 10.0. The molecule has 1 aliphatic rings. The number of hydrogen-bond donors (Lipinski definition) is 1. The number of nitrogens with one attached hydrogen (secondary N) is 1. The van der Waals surface area contributed by atoms with Gasteiger partial charge in [0.05, 0.1) is 6.04 Å². The van der Waals surface area contributed by atoms with E-state index >= 15 is 0 Å². The summed E-state index contributed by atoms with van der Waals surface area (Å²) in [6.07, 6.45) is 0. The lowest BCUT2D eigenvalue weighted by Crippen LogP contribution is -2.51. The predicted octanol–water partition coefficient (Wildman–Crippen LogP) is 3.23. The van der Waals surface area contributed by atoms with E-state index in [1.165, 1.54) is 11.3 Å². The Labute approximate surface area is 115 Å². The van der Waals surface area contributed by atoms with E-state index in [0.717, 1.165) is 13.1 Å². The van der Waals surface area contributed by atoms with Crippen molar-refractivity contribution >= 4 is 5.69 Å². The number of benzene rings is 2. The van der Waals surface area contributed by atoms with Crippen LogP contribution in [-0.2, 0) is 0 Å². The lowest BCUT2D eigenvalue weighted by molar-refractivity contribution is 0.396. The minimum absolute atomic E-state index is 0.408. The molecule has 98 valence electrons. The maximum Gasteiger partial charge on any atom is 0.0500 e. The van der Waals surface area contributed by atoms with Gasteiger partial charge in [-0.3, -0.25) is 0 Å². The zero-order valence-corrected chi connectivity index (χ0v) is 11.3. The van der Waals surface area contributed by atoms with Gasteiger partial charge < -0.3 is 10.2 Å². The van der Waals surface area contributed by atoms with Crippen LogP contribution >= 0.6 is 0 Å². The van der Waals surface area contributed by atoms with Crippen LogP contribution in [0.4, 0.5) is 5.69 Å². The average molecular weight is 252 g/mol. The summed E-state index contributed by atoms with van der Waals surface area (Å²) in [5.41, 5.74) is 2.69. The zero-order chi connectivity index (χ0) is 13.1. The first-order chi connectivity index (χ1) is 9.33. The van der Waals surface area contributed by atoms with Gasteiger partial charge in [0.15, 0.2) is 0 Å². The molecule has 3 rings (SSSR count). The van der Waals surface area contributed by atoms with Crippen molar-refractivity contribution in [1.82, 2.24) is 5.32 Å². The van der Waals surface area contributed by atoms with E-state index in [9.17, 15) is 0 Å². The van der Waals surface area contributed by atoms with E-state index < -0.39 is 0 Å². The second-order valence-electron chi connectivity index (χ2n) is 5.27. The van der Waals surface area contributed by atoms with Crippen molar-refractivity contribution in [3.05, 3.63) is 66.2 Å². The van der Waals surface area contributed by atoms with E-state index in [1.54, 1.807) is 0 Å². The van der Waals surface area contributed by atoms with E-state index in [0.29, 0.717) is 12.1 Å². The first-order valence-corrected chi connectivity index (χ1v) is 6.94. The highest BCUT2D eigenvalue weighted by Crippen LogP contribution is 2.23. The van der Waals surface area contributed by atoms with Crippen molar-refractivity contribution in [2.24, 2.45) is 0 Å². The van der Waals surface area contributed by atoms with Gasteiger partial charge in [-0.15, -0.1) is 0 Å². The van der Waals surface area contributed by atoms with Crippen molar-refractivity contribution in [3.8, 4) is 0 Å². The number of para-hydroxylation sites is 1. The van der Waals surface area contributed by atoms with Crippen molar-refractivity contribution in [2.45, 2.75) is 19.0 Å². The SMILES string of the molecule is CC1CN(c2ccccc2)CC(c2ccccc2)N1. The van der Waals surface area contributed by atoms with E-state index in [-0.39, 0.29) is 0 Å². The average Bonchev–Trinajstić information content (AvgIpc) is 2.48. The summed E-state index contributed by atoms with van der Waals surface area (Å²) in [6, 6.07) is 22.3. The van der Waals surface area contributed by atoms with Crippen LogP contribution < -0.4 is 10.2 Å². The van der Waals surface area contributed by atoms with Crippen LogP contribution in [0.3, 0.4) is 0 Å². The molecular formula is C17H20N2. The third-order valence-electron chi connectivity index (χ3n) is 3.71. The molecule has 0 aromatic heterocycles. The molecule has 1 N–H and O–H groups in total. The Morgan fingerprint density at radius 3 is 2.21 bits per heavy atom. The summed E-state index contributed by atoms with van der Waals surface area (Å²) < 4.78 is 0. The summed E-state index contributed by atoms with van der Waals surface area (Å²) in [7, 11) is 0. The number of anilines is 1. The molecule has 19 heavy (non-hydrogen) atoms. The molecule has 2 atom stereocenters. The molecule has 0 amide bonds. The maximum atomic E-state index is 3.69. The van der Waals surface area contributed by atoms with Crippen LogP contribution in [0.5, 0.6) is 0 Å². The molecule has 2 heteroatoms. The highest BCUT2D eigenvalue weighted by atomic mass is 15.2. The highest BCUT2D eigenvalue weighted by Gasteiger charge is 2.24. The van der Waals surface area contributed by atoms with Gasteiger partial charge in [0.2, 0.25) is 0 Å². The Balaban J connectivity index is 1.82. The van der Waals surface area contributed by atoms with Gasteiger partial charge in [-0.25, -0.2) is 0 Å². The normalized spacial score (nSPS) is 23.3. The largest absolute Gasteiger partial charge is 0.368 e. The Morgan fingerprint density at radius 1 is 0.895 bits per heavy atom. The smallest absolute Gasteiger partial charge is 0.0500 e. The molecule has 2 unspecified atom stereocenters. The molecule has 0 saturated carbocycles. The van der Waals surface area contributed by atoms with E-state index in [1.807, 2.05) is 0 Å². The van der Waals surface area contributed by atoms with Crippen molar-refractivity contribution in [3.63, 3.8) is 0 Å². The molecule has 0 spiro atoms. The Bertz CT molecular complexity index is 462. The standard InChI is InChI=1S/C17H20N2/c1-14-12-19(16-10-6-3-7-11-16)13-17(18-14)15-8-4-2-5-9-15/h2-11,14,17-18H,12-13H2,1H3. The molecule has 1 heterocycles. The van der Waals surface area contributed by atoms with Crippen LogP contribution in [0.2, 0.25) is 0 Å². The predicted molar refractivity (Wildman–Crippen MR) is 80.4 cm³/mol.